The third-order valence-electron chi connectivity index (χ3n) is 6.60. The average molecular weight is 318 g/mol. The molecular formula is C19H30N2O2. The molecule has 23 heavy (non-hydrogen) atoms. The summed E-state index contributed by atoms with van der Waals surface area (Å²) in [6, 6.07) is 4.98. The van der Waals surface area contributed by atoms with Gasteiger partial charge < -0.3 is 14.1 Å². The molecule has 1 aromatic heterocycles. The Kier molecular flexibility index (Phi) is 4.48. The fourth-order valence-electron chi connectivity index (χ4n) is 4.97. The molecule has 0 amide bonds. The first-order valence-corrected chi connectivity index (χ1v) is 9.27. The van der Waals surface area contributed by atoms with Gasteiger partial charge in [-0.05, 0) is 56.3 Å². The molecule has 1 aromatic rings. The normalized spacial score (nSPS) is 29.2. The van der Waals surface area contributed by atoms with E-state index >= 15 is 0 Å². The first-order valence-electron chi connectivity index (χ1n) is 9.27. The molecule has 3 fully saturated rings. The van der Waals surface area contributed by atoms with Crippen LogP contribution < -0.4 is 0 Å². The predicted molar refractivity (Wildman–Crippen MR) is 90.2 cm³/mol. The Morgan fingerprint density at radius 2 is 2.13 bits per heavy atom. The number of nitrogens with zero attached hydrogens (tertiary/aromatic N) is 2. The molecular weight excluding hydrogens is 288 g/mol. The minimum Gasteiger partial charge on any atom is -0.468 e. The van der Waals surface area contributed by atoms with Gasteiger partial charge in [0.2, 0.25) is 0 Å². The summed E-state index contributed by atoms with van der Waals surface area (Å²) >= 11 is 0. The molecule has 3 heterocycles. The van der Waals surface area contributed by atoms with E-state index in [9.17, 15) is 0 Å². The van der Waals surface area contributed by atoms with Gasteiger partial charge in [-0.2, -0.15) is 0 Å². The van der Waals surface area contributed by atoms with Crippen molar-refractivity contribution < 1.29 is 9.15 Å². The highest BCUT2D eigenvalue weighted by Gasteiger charge is 2.48. The molecule has 0 unspecified atom stereocenters. The van der Waals surface area contributed by atoms with Crippen molar-refractivity contribution >= 4 is 0 Å². The van der Waals surface area contributed by atoms with Gasteiger partial charge >= 0.3 is 0 Å². The molecule has 0 radical (unpaired) electrons. The third kappa shape index (κ3) is 3.09. The quantitative estimate of drug-likeness (QED) is 0.834. The lowest BCUT2D eigenvalue weighted by Gasteiger charge is -2.47. The lowest BCUT2D eigenvalue weighted by molar-refractivity contribution is 0.00811. The number of hydrogen-bond acceptors (Lipinski definition) is 4. The summed E-state index contributed by atoms with van der Waals surface area (Å²) in [7, 11) is 1.85. The maximum absolute atomic E-state index is 5.58. The topological polar surface area (TPSA) is 28.9 Å². The van der Waals surface area contributed by atoms with Gasteiger partial charge in [-0.3, -0.25) is 4.90 Å². The third-order valence-corrected chi connectivity index (χ3v) is 6.60. The molecule has 4 nitrogen and oxygen atoms in total. The van der Waals surface area contributed by atoms with Gasteiger partial charge in [0, 0.05) is 32.2 Å². The van der Waals surface area contributed by atoms with Crippen molar-refractivity contribution in [2.75, 3.05) is 39.9 Å². The van der Waals surface area contributed by atoms with Crippen LogP contribution in [0.15, 0.2) is 22.8 Å². The summed E-state index contributed by atoms with van der Waals surface area (Å²) in [5, 5.41) is 0. The van der Waals surface area contributed by atoms with Crippen LogP contribution in [0.25, 0.3) is 0 Å². The molecule has 0 bridgehead atoms. The number of piperidine rings is 1. The fraction of sp³-hybridized carbons (Fsp3) is 0.789. The predicted octanol–water partition coefficient (Wildman–Crippen LogP) is 2.99. The van der Waals surface area contributed by atoms with Crippen molar-refractivity contribution in [2.45, 2.75) is 44.7 Å². The monoisotopic (exact) mass is 318 g/mol. The van der Waals surface area contributed by atoms with E-state index in [1.165, 1.54) is 51.7 Å². The highest BCUT2D eigenvalue weighted by molar-refractivity contribution is 5.04. The second kappa shape index (κ2) is 6.58. The molecule has 1 atom stereocenters. The molecule has 2 saturated heterocycles. The zero-order valence-electron chi connectivity index (χ0n) is 14.4. The summed E-state index contributed by atoms with van der Waals surface area (Å²) in [6.45, 7) is 6.79. The van der Waals surface area contributed by atoms with Crippen molar-refractivity contribution in [1.29, 1.82) is 0 Å². The highest BCUT2D eigenvalue weighted by atomic mass is 16.5. The molecule has 3 aliphatic rings. The van der Waals surface area contributed by atoms with Crippen molar-refractivity contribution in [3.05, 3.63) is 24.2 Å². The minimum atomic E-state index is 0.461. The zero-order valence-corrected chi connectivity index (χ0v) is 14.4. The van der Waals surface area contributed by atoms with Crippen molar-refractivity contribution in [2.24, 2.45) is 11.3 Å². The fourth-order valence-corrected chi connectivity index (χ4v) is 4.97. The van der Waals surface area contributed by atoms with Crippen LogP contribution in [0, 0.1) is 11.3 Å². The molecule has 128 valence electrons. The Hall–Kier alpha value is -0.840. The van der Waals surface area contributed by atoms with Gasteiger partial charge in [0.1, 0.15) is 5.76 Å². The Balaban J connectivity index is 1.41. The van der Waals surface area contributed by atoms with E-state index in [1.54, 1.807) is 6.26 Å². The maximum Gasteiger partial charge on any atom is 0.117 e. The summed E-state index contributed by atoms with van der Waals surface area (Å²) in [6.07, 6.45) is 8.76. The minimum absolute atomic E-state index is 0.461. The van der Waals surface area contributed by atoms with Crippen LogP contribution >= 0.6 is 0 Å². The van der Waals surface area contributed by atoms with E-state index in [0.717, 1.165) is 31.5 Å². The molecule has 4 rings (SSSR count). The number of furan rings is 1. The number of hydrogen-bond donors (Lipinski definition) is 0. The summed E-state index contributed by atoms with van der Waals surface area (Å²) in [5.74, 6) is 1.76. The van der Waals surface area contributed by atoms with E-state index in [0.29, 0.717) is 11.3 Å². The SMILES string of the molecule is COC[C@H]1CN(Cc2ccco2)CC12CCN(C1CCC1)CC2. The second-order valence-corrected chi connectivity index (χ2v) is 7.88. The number of methoxy groups -OCH3 is 1. The van der Waals surface area contributed by atoms with E-state index in [4.69, 9.17) is 9.15 Å². The molecule has 4 heteroatoms. The van der Waals surface area contributed by atoms with E-state index in [1.807, 2.05) is 13.2 Å². The first-order chi connectivity index (χ1) is 11.3. The van der Waals surface area contributed by atoms with E-state index in [-0.39, 0.29) is 0 Å². The van der Waals surface area contributed by atoms with Gasteiger partial charge in [-0.1, -0.05) is 6.42 Å². The molecule has 0 N–H and O–H groups in total. The van der Waals surface area contributed by atoms with Gasteiger partial charge in [0.05, 0.1) is 19.4 Å². The van der Waals surface area contributed by atoms with Crippen LogP contribution in [0.2, 0.25) is 0 Å². The van der Waals surface area contributed by atoms with Crippen molar-refractivity contribution in [3.8, 4) is 0 Å². The lowest BCUT2D eigenvalue weighted by Crippen LogP contribution is -2.50. The van der Waals surface area contributed by atoms with Gasteiger partial charge in [0.25, 0.3) is 0 Å². The second-order valence-electron chi connectivity index (χ2n) is 7.88. The summed E-state index contributed by atoms with van der Waals surface area (Å²) in [4.78, 5) is 5.34. The Morgan fingerprint density at radius 1 is 1.30 bits per heavy atom. The Morgan fingerprint density at radius 3 is 2.74 bits per heavy atom. The van der Waals surface area contributed by atoms with Crippen LogP contribution in [-0.4, -0.2) is 55.7 Å². The smallest absolute Gasteiger partial charge is 0.117 e. The number of ether oxygens (including phenoxy) is 1. The molecule has 1 aliphatic carbocycles. The summed E-state index contributed by atoms with van der Waals surface area (Å²) < 4.78 is 11.1. The van der Waals surface area contributed by atoms with Crippen LogP contribution in [0.4, 0.5) is 0 Å². The lowest BCUT2D eigenvalue weighted by atomic mass is 9.70. The Bertz CT molecular complexity index is 489. The highest BCUT2D eigenvalue weighted by Crippen LogP contribution is 2.46. The number of likely N-dealkylation sites (tertiary alicyclic amines) is 2. The average Bonchev–Trinajstić information content (AvgIpc) is 3.10. The van der Waals surface area contributed by atoms with Crippen LogP contribution in [0.5, 0.6) is 0 Å². The van der Waals surface area contributed by atoms with Crippen LogP contribution in [0.1, 0.15) is 37.9 Å². The standard InChI is InChI=1S/C19H30N2O2/c1-22-14-16-12-20(13-18-6-3-11-23-18)15-19(16)7-9-21(10-8-19)17-4-2-5-17/h3,6,11,16-17H,2,4-5,7-10,12-15H2,1H3/t16-/m1/s1. The van der Waals surface area contributed by atoms with Crippen molar-refractivity contribution in [1.82, 2.24) is 9.80 Å². The van der Waals surface area contributed by atoms with E-state index < -0.39 is 0 Å². The van der Waals surface area contributed by atoms with Crippen LogP contribution in [0.3, 0.4) is 0 Å². The van der Waals surface area contributed by atoms with Crippen molar-refractivity contribution in [3.63, 3.8) is 0 Å². The molecule has 2 aliphatic heterocycles. The van der Waals surface area contributed by atoms with Gasteiger partial charge in [0.15, 0.2) is 0 Å². The first kappa shape index (κ1) is 15.7. The number of rotatable bonds is 5. The molecule has 1 spiro atoms. The Labute approximate surface area is 139 Å². The summed E-state index contributed by atoms with van der Waals surface area (Å²) in [5.41, 5.74) is 0.461. The molecule has 0 aromatic carbocycles. The maximum atomic E-state index is 5.58. The largest absolute Gasteiger partial charge is 0.468 e. The zero-order chi connectivity index (χ0) is 15.7. The van der Waals surface area contributed by atoms with E-state index in [2.05, 4.69) is 15.9 Å². The molecule has 1 saturated carbocycles. The van der Waals surface area contributed by atoms with Gasteiger partial charge in [-0.15, -0.1) is 0 Å². The van der Waals surface area contributed by atoms with Gasteiger partial charge in [-0.25, -0.2) is 0 Å². The van der Waals surface area contributed by atoms with Crippen LogP contribution in [-0.2, 0) is 11.3 Å².